The Kier molecular flexibility index (Phi) is 3.63. The second-order valence-corrected chi connectivity index (χ2v) is 7.49. The van der Waals surface area contributed by atoms with Crippen LogP contribution in [0.2, 0.25) is 0 Å². The maximum Gasteiger partial charge on any atom is 0.262 e. The van der Waals surface area contributed by atoms with Gasteiger partial charge < -0.3 is 9.80 Å². The molecule has 1 aliphatic heterocycles. The van der Waals surface area contributed by atoms with Gasteiger partial charge in [0, 0.05) is 27.2 Å². The smallest absolute Gasteiger partial charge is 0.262 e. The number of hydrogen-bond donors (Lipinski definition) is 0. The predicted octanol–water partition coefficient (Wildman–Crippen LogP) is 1.54. The van der Waals surface area contributed by atoms with Crippen molar-refractivity contribution in [2.45, 2.75) is 25.3 Å². The van der Waals surface area contributed by atoms with Crippen LogP contribution in [0.3, 0.4) is 0 Å². The summed E-state index contributed by atoms with van der Waals surface area (Å²) >= 11 is 0. The van der Waals surface area contributed by atoms with Gasteiger partial charge in [-0.2, -0.15) is 5.10 Å². The van der Waals surface area contributed by atoms with Crippen molar-refractivity contribution in [1.29, 1.82) is 0 Å². The molecule has 2 aromatic heterocycles. The van der Waals surface area contributed by atoms with Crippen molar-refractivity contribution in [1.82, 2.24) is 19.7 Å². The highest BCUT2D eigenvalue weighted by Gasteiger charge is 2.33. The minimum absolute atomic E-state index is 0.0110. The molecule has 0 unspecified atom stereocenters. The molecule has 0 saturated carbocycles. The largest absolute Gasteiger partial charge is 0.351 e. The zero-order chi connectivity index (χ0) is 18.5. The number of hydrogen-bond acceptors (Lipinski definition) is 6. The predicted molar refractivity (Wildman–Crippen MR) is 105 cm³/mol. The summed E-state index contributed by atoms with van der Waals surface area (Å²) in [6.07, 6.45) is 3.34. The van der Waals surface area contributed by atoms with Crippen molar-refractivity contribution >= 4 is 22.7 Å². The van der Waals surface area contributed by atoms with Crippen LogP contribution in [0.1, 0.15) is 17.7 Å². The van der Waals surface area contributed by atoms with E-state index < -0.39 is 0 Å². The molecule has 7 nitrogen and oxygen atoms in total. The average molecular weight is 362 g/mol. The van der Waals surface area contributed by atoms with Crippen LogP contribution < -0.4 is 15.4 Å². The fourth-order valence-electron chi connectivity index (χ4n) is 4.04. The number of fused-ring (bicyclic) bond motifs is 2. The lowest BCUT2D eigenvalue weighted by Crippen LogP contribution is -2.60. The molecule has 0 N–H and O–H groups in total. The van der Waals surface area contributed by atoms with Gasteiger partial charge in [0.1, 0.15) is 0 Å². The maximum absolute atomic E-state index is 12.6. The van der Waals surface area contributed by atoms with Gasteiger partial charge >= 0.3 is 0 Å². The van der Waals surface area contributed by atoms with Gasteiger partial charge in [0.15, 0.2) is 5.82 Å². The van der Waals surface area contributed by atoms with Gasteiger partial charge in [0.25, 0.3) is 5.56 Å². The van der Waals surface area contributed by atoms with E-state index in [1.165, 1.54) is 12.0 Å². The molecule has 2 aliphatic rings. The van der Waals surface area contributed by atoms with Crippen LogP contribution in [-0.4, -0.2) is 45.9 Å². The van der Waals surface area contributed by atoms with Crippen molar-refractivity contribution in [3.05, 3.63) is 51.9 Å². The number of para-hydroxylation sites is 1. The lowest BCUT2D eigenvalue weighted by molar-refractivity contribution is 0.479. The van der Waals surface area contributed by atoms with Crippen molar-refractivity contribution in [2.75, 3.05) is 29.9 Å². The van der Waals surface area contributed by atoms with E-state index in [0.717, 1.165) is 43.0 Å². The Bertz CT molecular complexity index is 1090. The molecule has 1 fully saturated rings. The SMILES string of the molecule is CN(c1nc2ccccc2c(=O)n1C)C1CN(c2cc3c(nn2)CCC3)C1. The number of nitrogens with zero attached hydrogens (tertiary/aromatic N) is 6. The van der Waals surface area contributed by atoms with Crippen molar-refractivity contribution in [2.24, 2.45) is 7.05 Å². The van der Waals surface area contributed by atoms with Gasteiger partial charge in [0.2, 0.25) is 5.95 Å². The topological polar surface area (TPSA) is 67.2 Å². The molecule has 1 saturated heterocycles. The molecule has 1 aromatic carbocycles. The van der Waals surface area contributed by atoms with Crippen LogP contribution in [0, 0.1) is 0 Å². The Morgan fingerprint density at radius 1 is 1.15 bits per heavy atom. The quantitative estimate of drug-likeness (QED) is 0.704. The fraction of sp³-hybridized carbons (Fsp3) is 0.400. The fourth-order valence-corrected chi connectivity index (χ4v) is 4.04. The normalized spacial score (nSPS) is 16.4. The van der Waals surface area contributed by atoms with E-state index in [1.54, 1.807) is 11.6 Å². The maximum atomic E-state index is 12.6. The third-order valence-electron chi connectivity index (χ3n) is 5.82. The van der Waals surface area contributed by atoms with Crippen LogP contribution in [0.5, 0.6) is 0 Å². The van der Waals surface area contributed by atoms with Crippen molar-refractivity contribution in [3.63, 3.8) is 0 Å². The van der Waals surface area contributed by atoms with Gasteiger partial charge in [-0.1, -0.05) is 12.1 Å². The van der Waals surface area contributed by atoms with Crippen molar-refractivity contribution in [3.8, 4) is 0 Å². The number of benzene rings is 1. The van der Waals surface area contributed by atoms with E-state index in [2.05, 4.69) is 26.1 Å². The Labute approximate surface area is 157 Å². The standard InChI is InChI=1S/C20H22N6O/c1-24(20-21-17-8-4-3-7-15(17)19(27)25(20)2)14-11-26(12-14)18-10-13-6-5-9-16(13)22-23-18/h3-4,7-8,10,14H,5-6,9,11-12H2,1-2H3. The molecule has 0 radical (unpaired) electrons. The average Bonchev–Trinajstić information content (AvgIpc) is 3.11. The zero-order valence-corrected chi connectivity index (χ0v) is 15.6. The number of rotatable bonds is 3. The van der Waals surface area contributed by atoms with E-state index in [0.29, 0.717) is 17.4 Å². The lowest BCUT2D eigenvalue weighted by Gasteiger charge is -2.45. The zero-order valence-electron chi connectivity index (χ0n) is 15.6. The molecule has 7 heteroatoms. The van der Waals surface area contributed by atoms with Crippen LogP contribution in [0.15, 0.2) is 35.1 Å². The van der Waals surface area contributed by atoms with E-state index >= 15 is 0 Å². The molecule has 0 bridgehead atoms. The summed E-state index contributed by atoms with van der Waals surface area (Å²) in [5.74, 6) is 1.66. The molecular formula is C20H22N6O. The van der Waals surface area contributed by atoms with Gasteiger partial charge in [-0.3, -0.25) is 9.36 Å². The van der Waals surface area contributed by atoms with Crippen LogP contribution in [0.4, 0.5) is 11.8 Å². The molecule has 0 spiro atoms. The molecule has 3 aromatic rings. The molecule has 0 atom stereocenters. The van der Waals surface area contributed by atoms with Gasteiger partial charge in [0.05, 0.1) is 22.6 Å². The number of aryl methyl sites for hydroxylation is 2. The number of aromatic nitrogens is 4. The van der Waals surface area contributed by atoms with E-state index in [9.17, 15) is 4.79 Å². The summed E-state index contributed by atoms with van der Waals surface area (Å²) in [7, 11) is 3.79. The second-order valence-electron chi connectivity index (χ2n) is 7.49. The Morgan fingerprint density at radius 2 is 1.96 bits per heavy atom. The molecular weight excluding hydrogens is 340 g/mol. The minimum Gasteiger partial charge on any atom is -0.351 e. The Balaban J connectivity index is 1.37. The van der Waals surface area contributed by atoms with Crippen LogP contribution in [0.25, 0.3) is 10.9 Å². The third kappa shape index (κ3) is 2.57. The lowest BCUT2D eigenvalue weighted by atomic mass is 10.1. The second kappa shape index (κ2) is 6.04. The molecule has 1 aliphatic carbocycles. The van der Waals surface area contributed by atoms with Crippen LogP contribution in [-0.2, 0) is 19.9 Å². The third-order valence-corrected chi connectivity index (χ3v) is 5.82. The van der Waals surface area contributed by atoms with E-state index in [-0.39, 0.29) is 5.56 Å². The first-order valence-electron chi connectivity index (χ1n) is 9.41. The number of anilines is 2. The highest BCUT2D eigenvalue weighted by Crippen LogP contribution is 2.27. The van der Waals surface area contributed by atoms with Crippen molar-refractivity contribution < 1.29 is 0 Å². The molecule has 3 heterocycles. The Hall–Kier alpha value is -2.96. The summed E-state index contributed by atoms with van der Waals surface area (Å²) in [5.41, 5.74) is 3.23. The first-order valence-corrected chi connectivity index (χ1v) is 9.41. The monoisotopic (exact) mass is 362 g/mol. The van der Waals surface area contributed by atoms with E-state index in [1.807, 2.05) is 31.3 Å². The highest BCUT2D eigenvalue weighted by molar-refractivity contribution is 5.78. The van der Waals surface area contributed by atoms with Gasteiger partial charge in [-0.15, -0.1) is 5.10 Å². The first kappa shape index (κ1) is 16.2. The summed E-state index contributed by atoms with van der Waals surface area (Å²) in [5, 5.41) is 9.44. The first-order chi connectivity index (χ1) is 13.1. The number of likely N-dealkylation sites (N-methyl/N-ethyl adjacent to an activating group) is 1. The van der Waals surface area contributed by atoms with Gasteiger partial charge in [-0.05, 0) is 43.0 Å². The van der Waals surface area contributed by atoms with E-state index in [4.69, 9.17) is 4.98 Å². The molecule has 138 valence electrons. The summed E-state index contributed by atoms with van der Waals surface area (Å²) in [4.78, 5) is 21.7. The van der Waals surface area contributed by atoms with Crippen LogP contribution >= 0.6 is 0 Å². The summed E-state index contributed by atoms with van der Waals surface area (Å²) in [6, 6.07) is 9.98. The highest BCUT2D eigenvalue weighted by atomic mass is 16.1. The van der Waals surface area contributed by atoms with Gasteiger partial charge in [-0.25, -0.2) is 4.98 Å². The summed E-state index contributed by atoms with van der Waals surface area (Å²) < 4.78 is 1.64. The minimum atomic E-state index is -0.0110. The molecule has 5 rings (SSSR count). The molecule has 0 amide bonds. The molecule has 27 heavy (non-hydrogen) atoms. The summed E-state index contributed by atoms with van der Waals surface area (Å²) in [6.45, 7) is 1.71. The Morgan fingerprint density at radius 3 is 2.81 bits per heavy atom.